The molecule has 1 unspecified atom stereocenters. The number of hydrogen-bond donors (Lipinski definition) is 1. The molecule has 0 saturated heterocycles. The number of rotatable bonds is 4. The molecule has 0 radical (unpaired) electrons. The standard InChI is InChI=1S/C11H9Cl3O3/c1-7(10(15)16)9(11(12,13)14)17-8-5-3-2-4-6-8/h2-6,9H,1H2,(H,15,16). The first-order chi connectivity index (χ1) is 7.82. The predicted octanol–water partition coefficient (Wildman–Crippen LogP) is 3.45. The molecule has 92 valence electrons. The van der Waals surface area contributed by atoms with Gasteiger partial charge in [0.25, 0.3) is 0 Å². The first kappa shape index (κ1) is 14.2. The van der Waals surface area contributed by atoms with Gasteiger partial charge in [0.15, 0.2) is 6.10 Å². The highest BCUT2D eigenvalue weighted by Gasteiger charge is 2.39. The van der Waals surface area contributed by atoms with Gasteiger partial charge in [0.2, 0.25) is 3.79 Å². The monoisotopic (exact) mass is 294 g/mol. The highest BCUT2D eigenvalue weighted by atomic mass is 35.6. The molecule has 0 aliphatic rings. The maximum atomic E-state index is 10.8. The molecule has 0 heterocycles. The lowest BCUT2D eigenvalue weighted by atomic mass is 10.2. The largest absolute Gasteiger partial charge is 0.481 e. The minimum atomic E-state index is -1.91. The Balaban J connectivity index is 2.94. The molecule has 0 aromatic heterocycles. The summed E-state index contributed by atoms with van der Waals surface area (Å²) in [6.07, 6.45) is -1.26. The van der Waals surface area contributed by atoms with Crippen LogP contribution in [0, 0.1) is 0 Å². The molecule has 1 aromatic carbocycles. The molecule has 0 bridgehead atoms. The third kappa shape index (κ3) is 4.11. The van der Waals surface area contributed by atoms with Crippen molar-refractivity contribution >= 4 is 40.8 Å². The van der Waals surface area contributed by atoms with Gasteiger partial charge in [-0.05, 0) is 12.1 Å². The van der Waals surface area contributed by atoms with Crippen molar-refractivity contribution in [1.82, 2.24) is 0 Å². The second kappa shape index (κ2) is 5.63. The predicted molar refractivity (Wildman–Crippen MR) is 67.9 cm³/mol. The van der Waals surface area contributed by atoms with E-state index < -0.39 is 15.9 Å². The Bertz CT molecular complexity index is 412. The second-order valence-electron chi connectivity index (χ2n) is 3.18. The summed E-state index contributed by atoms with van der Waals surface area (Å²) in [5.41, 5.74) is -0.325. The zero-order valence-corrected chi connectivity index (χ0v) is 10.8. The lowest BCUT2D eigenvalue weighted by molar-refractivity contribution is -0.133. The Kier molecular flexibility index (Phi) is 4.69. The number of hydrogen-bond acceptors (Lipinski definition) is 2. The Morgan fingerprint density at radius 2 is 1.82 bits per heavy atom. The van der Waals surface area contributed by atoms with E-state index in [0.717, 1.165) is 0 Å². The van der Waals surface area contributed by atoms with Gasteiger partial charge in [-0.3, -0.25) is 0 Å². The maximum absolute atomic E-state index is 10.8. The molecular formula is C11H9Cl3O3. The van der Waals surface area contributed by atoms with Gasteiger partial charge in [-0.15, -0.1) is 0 Å². The van der Waals surface area contributed by atoms with Crippen molar-refractivity contribution < 1.29 is 14.6 Å². The summed E-state index contributed by atoms with van der Waals surface area (Å²) in [6.45, 7) is 3.34. The molecule has 0 fully saturated rings. The third-order valence-electron chi connectivity index (χ3n) is 1.89. The zero-order valence-electron chi connectivity index (χ0n) is 8.57. The summed E-state index contributed by atoms with van der Waals surface area (Å²) in [5.74, 6) is -0.886. The average molecular weight is 296 g/mol. The van der Waals surface area contributed by atoms with Crippen LogP contribution in [0.15, 0.2) is 42.5 Å². The Morgan fingerprint density at radius 1 is 1.29 bits per heavy atom. The van der Waals surface area contributed by atoms with Gasteiger partial charge in [0, 0.05) is 0 Å². The third-order valence-corrected chi connectivity index (χ3v) is 2.48. The summed E-state index contributed by atoms with van der Waals surface area (Å²) in [5, 5.41) is 8.84. The molecule has 0 amide bonds. The number of para-hydroxylation sites is 1. The molecule has 0 aliphatic heterocycles. The molecule has 0 saturated carbocycles. The summed E-state index contributed by atoms with van der Waals surface area (Å²) < 4.78 is 3.41. The molecule has 0 spiro atoms. The van der Waals surface area contributed by atoms with Crippen LogP contribution in [0.1, 0.15) is 0 Å². The van der Waals surface area contributed by atoms with Crippen molar-refractivity contribution in [2.24, 2.45) is 0 Å². The van der Waals surface area contributed by atoms with Crippen molar-refractivity contribution in [3.8, 4) is 5.75 Å². The molecule has 3 nitrogen and oxygen atoms in total. The van der Waals surface area contributed by atoms with Gasteiger partial charge in [-0.2, -0.15) is 0 Å². The van der Waals surface area contributed by atoms with Crippen LogP contribution in [0.2, 0.25) is 0 Å². The summed E-state index contributed by atoms with van der Waals surface area (Å²) in [4.78, 5) is 10.8. The molecule has 1 aromatic rings. The summed E-state index contributed by atoms with van der Waals surface area (Å²) in [7, 11) is 0. The normalized spacial score (nSPS) is 12.9. The second-order valence-corrected chi connectivity index (χ2v) is 5.55. The maximum Gasteiger partial charge on any atom is 0.334 e. The fraction of sp³-hybridized carbons (Fsp3) is 0.182. The quantitative estimate of drug-likeness (QED) is 0.683. The first-order valence-electron chi connectivity index (χ1n) is 4.53. The lowest BCUT2D eigenvalue weighted by Crippen LogP contribution is -2.36. The number of alkyl halides is 3. The van der Waals surface area contributed by atoms with E-state index in [9.17, 15) is 4.79 Å². The van der Waals surface area contributed by atoms with Gasteiger partial charge in [-0.25, -0.2) is 4.79 Å². The fourth-order valence-electron chi connectivity index (χ4n) is 1.08. The fourth-order valence-corrected chi connectivity index (χ4v) is 1.61. The topological polar surface area (TPSA) is 46.5 Å². The average Bonchev–Trinajstić information content (AvgIpc) is 2.24. The smallest absolute Gasteiger partial charge is 0.334 e. The van der Waals surface area contributed by atoms with Gasteiger partial charge in [-0.1, -0.05) is 59.6 Å². The molecule has 1 N–H and O–H groups in total. The van der Waals surface area contributed by atoms with Crippen LogP contribution in [-0.2, 0) is 4.79 Å². The van der Waals surface area contributed by atoms with Gasteiger partial charge in [0.05, 0.1) is 5.57 Å². The Morgan fingerprint density at radius 3 is 2.24 bits per heavy atom. The number of carboxylic acid groups (broad SMARTS) is 1. The molecule has 0 aliphatic carbocycles. The van der Waals surface area contributed by atoms with E-state index in [1.165, 1.54) is 0 Å². The van der Waals surface area contributed by atoms with E-state index in [1.807, 2.05) is 0 Å². The molecule has 1 atom stereocenters. The van der Waals surface area contributed by atoms with Crippen molar-refractivity contribution in [3.63, 3.8) is 0 Å². The number of carboxylic acids is 1. The van der Waals surface area contributed by atoms with Gasteiger partial charge < -0.3 is 9.84 Å². The van der Waals surface area contributed by atoms with Crippen molar-refractivity contribution in [1.29, 1.82) is 0 Å². The first-order valence-corrected chi connectivity index (χ1v) is 5.66. The van der Waals surface area contributed by atoms with Crippen LogP contribution >= 0.6 is 34.8 Å². The number of ether oxygens (including phenoxy) is 1. The van der Waals surface area contributed by atoms with Crippen LogP contribution in [0.5, 0.6) is 5.75 Å². The minimum absolute atomic E-state index is 0.325. The lowest BCUT2D eigenvalue weighted by Gasteiger charge is -2.25. The van der Waals surface area contributed by atoms with E-state index >= 15 is 0 Å². The number of carbonyl (C=O) groups is 1. The van der Waals surface area contributed by atoms with Crippen LogP contribution < -0.4 is 4.74 Å². The number of aliphatic carboxylic acids is 1. The van der Waals surface area contributed by atoms with E-state index in [1.54, 1.807) is 30.3 Å². The van der Waals surface area contributed by atoms with Gasteiger partial charge >= 0.3 is 5.97 Å². The molecule has 6 heteroatoms. The zero-order chi connectivity index (χ0) is 13.1. The van der Waals surface area contributed by atoms with Crippen molar-refractivity contribution in [3.05, 3.63) is 42.5 Å². The van der Waals surface area contributed by atoms with E-state index in [4.69, 9.17) is 44.6 Å². The van der Waals surface area contributed by atoms with Crippen LogP contribution in [-0.4, -0.2) is 21.0 Å². The highest BCUT2D eigenvalue weighted by Crippen LogP contribution is 2.36. The molecule has 1 rings (SSSR count). The highest BCUT2D eigenvalue weighted by molar-refractivity contribution is 6.68. The van der Waals surface area contributed by atoms with Crippen molar-refractivity contribution in [2.75, 3.05) is 0 Å². The number of benzene rings is 1. The van der Waals surface area contributed by atoms with Crippen LogP contribution in [0.4, 0.5) is 0 Å². The summed E-state index contributed by atoms with van der Waals surface area (Å²) in [6, 6.07) is 8.46. The Labute approximate surface area is 114 Å². The van der Waals surface area contributed by atoms with Gasteiger partial charge in [0.1, 0.15) is 5.75 Å². The van der Waals surface area contributed by atoms with E-state index in [2.05, 4.69) is 6.58 Å². The molecule has 17 heavy (non-hydrogen) atoms. The molecular weight excluding hydrogens is 286 g/mol. The van der Waals surface area contributed by atoms with Crippen LogP contribution in [0.3, 0.4) is 0 Å². The number of halogens is 3. The van der Waals surface area contributed by atoms with E-state index in [0.29, 0.717) is 5.75 Å². The Hall–Kier alpha value is -0.900. The minimum Gasteiger partial charge on any atom is -0.481 e. The van der Waals surface area contributed by atoms with Crippen LogP contribution in [0.25, 0.3) is 0 Å². The SMILES string of the molecule is C=C(C(=O)O)C(Oc1ccccc1)C(Cl)(Cl)Cl. The van der Waals surface area contributed by atoms with Crippen molar-refractivity contribution in [2.45, 2.75) is 9.90 Å². The van der Waals surface area contributed by atoms with E-state index in [-0.39, 0.29) is 5.57 Å². The summed E-state index contributed by atoms with van der Waals surface area (Å²) >= 11 is 17.0.